The van der Waals surface area contributed by atoms with E-state index in [-0.39, 0.29) is 6.61 Å². The lowest BCUT2D eigenvalue weighted by Gasteiger charge is -2.32. The number of piperidine rings is 1. The summed E-state index contributed by atoms with van der Waals surface area (Å²) in [6.07, 6.45) is 3.88. The van der Waals surface area contributed by atoms with E-state index in [2.05, 4.69) is 25.3 Å². The quantitative estimate of drug-likeness (QED) is 0.494. The second-order valence-electron chi connectivity index (χ2n) is 5.20. The fraction of sp³-hybridized carbons (Fsp3) is 0.769. The lowest BCUT2D eigenvalue weighted by Crippen LogP contribution is -2.37. The molecule has 0 bridgehead atoms. The molecule has 1 aliphatic heterocycles. The van der Waals surface area contributed by atoms with Crippen LogP contribution in [0.5, 0.6) is 6.01 Å². The number of hydrazine groups is 1. The summed E-state index contributed by atoms with van der Waals surface area (Å²) in [5, 5.41) is 9.09. The van der Waals surface area contributed by atoms with Gasteiger partial charge >= 0.3 is 6.01 Å². The van der Waals surface area contributed by atoms with Crippen LogP contribution in [0.1, 0.15) is 32.6 Å². The van der Waals surface area contributed by atoms with Crippen LogP contribution in [-0.4, -0.2) is 46.4 Å². The van der Waals surface area contributed by atoms with E-state index < -0.39 is 0 Å². The highest BCUT2D eigenvalue weighted by Gasteiger charge is 2.22. The second kappa shape index (κ2) is 7.94. The van der Waals surface area contributed by atoms with Crippen LogP contribution < -0.4 is 20.9 Å². The third-order valence-electron chi connectivity index (χ3n) is 3.51. The van der Waals surface area contributed by atoms with Gasteiger partial charge in [-0.25, -0.2) is 5.84 Å². The van der Waals surface area contributed by atoms with Crippen LogP contribution >= 0.6 is 0 Å². The molecular weight excluding hydrogens is 272 g/mol. The SMILES string of the molecule is CCCOc1nc(NN)nc(N2CCCC(CCO)C2)n1. The van der Waals surface area contributed by atoms with Gasteiger partial charge in [-0.05, 0) is 31.6 Å². The molecule has 1 aromatic heterocycles. The van der Waals surface area contributed by atoms with Gasteiger partial charge in [-0.3, -0.25) is 5.43 Å². The Bertz CT molecular complexity index is 443. The average molecular weight is 296 g/mol. The molecule has 2 rings (SSSR count). The van der Waals surface area contributed by atoms with Crippen molar-refractivity contribution in [2.24, 2.45) is 11.8 Å². The van der Waals surface area contributed by atoms with Crippen molar-refractivity contribution in [3.63, 3.8) is 0 Å². The van der Waals surface area contributed by atoms with Gasteiger partial charge in [0, 0.05) is 19.7 Å². The van der Waals surface area contributed by atoms with Gasteiger partial charge in [-0.15, -0.1) is 0 Å². The van der Waals surface area contributed by atoms with Gasteiger partial charge in [0.05, 0.1) is 6.61 Å². The molecule has 118 valence electrons. The maximum absolute atomic E-state index is 9.09. The molecule has 0 aliphatic carbocycles. The van der Waals surface area contributed by atoms with Crippen molar-refractivity contribution in [1.82, 2.24) is 15.0 Å². The number of ether oxygens (including phenoxy) is 1. The summed E-state index contributed by atoms with van der Waals surface area (Å²) >= 11 is 0. The standard InChI is InChI=1S/C13H24N6O2/c1-2-8-21-13-16-11(18-14)15-12(17-13)19-6-3-4-10(9-19)5-7-20/h10,20H,2-9,14H2,1H3,(H,15,16,17,18). The molecule has 1 aliphatic rings. The van der Waals surface area contributed by atoms with E-state index in [9.17, 15) is 0 Å². The zero-order valence-corrected chi connectivity index (χ0v) is 12.5. The minimum absolute atomic E-state index is 0.218. The Kier molecular flexibility index (Phi) is 5.94. The molecule has 1 atom stereocenters. The summed E-state index contributed by atoms with van der Waals surface area (Å²) in [6, 6.07) is 0.291. The van der Waals surface area contributed by atoms with E-state index in [1.54, 1.807) is 0 Å². The Morgan fingerprint density at radius 2 is 2.29 bits per heavy atom. The monoisotopic (exact) mass is 296 g/mol. The molecule has 0 amide bonds. The molecule has 1 saturated heterocycles. The molecule has 0 aromatic carbocycles. The van der Waals surface area contributed by atoms with Crippen molar-refractivity contribution in [3.8, 4) is 6.01 Å². The van der Waals surface area contributed by atoms with Crippen LogP contribution in [-0.2, 0) is 0 Å². The summed E-state index contributed by atoms with van der Waals surface area (Å²) in [5.74, 6) is 6.76. The largest absolute Gasteiger partial charge is 0.463 e. The van der Waals surface area contributed by atoms with Crippen LogP contribution in [0, 0.1) is 5.92 Å². The number of rotatable bonds is 7. The van der Waals surface area contributed by atoms with Gasteiger partial charge < -0.3 is 14.7 Å². The Labute approximate surface area is 124 Å². The highest BCUT2D eigenvalue weighted by molar-refractivity contribution is 5.38. The molecular formula is C13H24N6O2. The summed E-state index contributed by atoms with van der Waals surface area (Å²) in [7, 11) is 0. The lowest BCUT2D eigenvalue weighted by atomic mass is 9.95. The minimum atomic E-state index is 0.218. The van der Waals surface area contributed by atoms with Crippen molar-refractivity contribution in [1.29, 1.82) is 0 Å². The first-order chi connectivity index (χ1) is 10.3. The molecule has 8 heteroatoms. The molecule has 4 N–H and O–H groups in total. The van der Waals surface area contributed by atoms with Crippen LogP contribution in [0.15, 0.2) is 0 Å². The molecule has 1 aromatic rings. The summed E-state index contributed by atoms with van der Waals surface area (Å²) < 4.78 is 5.48. The van der Waals surface area contributed by atoms with Crippen LogP contribution in [0.25, 0.3) is 0 Å². The third-order valence-corrected chi connectivity index (χ3v) is 3.51. The predicted molar refractivity (Wildman–Crippen MR) is 80.1 cm³/mol. The van der Waals surface area contributed by atoms with E-state index in [0.29, 0.717) is 30.4 Å². The summed E-state index contributed by atoms with van der Waals surface area (Å²) in [5.41, 5.74) is 2.45. The van der Waals surface area contributed by atoms with Crippen molar-refractivity contribution in [2.75, 3.05) is 36.6 Å². The number of nitrogens with zero attached hydrogens (tertiary/aromatic N) is 4. The number of aliphatic hydroxyl groups excluding tert-OH is 1. The smallest absolute Gasteiger partial charge is 0.323 e. The van der Waals surface area contributed by atoms with Crippen molar-refractivity contribution in [2.45, 2.75) is 32.6 Å². The van der Waals surface area contributed by atoms with Gasteiger partial charge in [-0.2, -0.15) is 15.0 Å². The first-order valence-corrected chi connectivity index (χ1v) is 7.48. The van der Waals surface area contributed by atoms with Crippen molar-refractivity contribution >= 4 is 11.9 Å². The first kappa shape index (κ1) is 15.7. The fourth-order valence-electron chi connectivity index (χ4n) is 2.47. The topological polar surface area (TPSA) is 109 Å². The minimum Gasteiger partial charge on any atom is -0.463 e. The van der Waals surface area contributed by atoms with E-state index in [4.69, 9.17) is 15.7 Å². The van der Waals surface area contributed by atoms with E-state index >= 15 is 0 Å². The highest BCUT2D eigenvalue weighted by Crippen LogP contribution is 2.24. The molecule has 0 spiro atoms. The molecule has 1 fully saturated rings. The average Bonchev–Trinajstić information content (AvgIpc) is 2.53. The van der Waals surface area contributed by atoms with Crippen LogP contribution in [0.2, 0.25) is 0 Å². The number of nitrogens with one attached hydrogen (secondary N) is 1. The summed E-state index contributed by atoms with van der Waals surface area (Å²) in [4.78, 5) is 14.9. The van der Waals surface area contributed by atoms with Gasteiger partial charge in [0.1, 0.15) is 0 Å². The zero-order valence-electron chi connectivity index (χ0n) is 12.5. The number of anilines is 2. The Morgan fingerprint density at radius 3 is 3.00 bits per heavy atom. The lowest BCUT2D eigenvalue weighted by molar-refractivity contribution is 0.243. The maximum Gasteiger partial charge on any atom is 0.323 e. The number of aliphatic hydroxyl groups is 1. The van der Waals surface area contributed by atoms with E-state index in [1.165, 1.54) is 0 Å². The number of hydrogen-bond acceptors (Lipinski definition) is 8. The third kappa shape index (κ3) is 4.40. The maximum atomic E-state index is 9.09. The Hall–Kier alpha value is -1.67. The summed E-state index contributed by atoms with van der Waals surface area (Å²) in [6.45, 7) is 4.52. The number of aromatic nitrogens is 3. The second-order valence-corrected chi connectivity index (χ2v) is 5.20. The van der Waals surface area contributed by atoms with Gasteiger partial charge in [-0.1, -0.05) is 6.92 Å². The van der Waals surface area contributed by atoms with E-state index in [0.717, 1.165) is 38.8 Å². The molecule has 8 nitrogen and oxygen atoms in total. The molecule has 0 saturated carbocycles. The number of nitrogens with two attached hydrogens (primary N) is 1. The molecule has 1 unspecified atom stereocenters. The van der Waals surface area contributed by atoms with Gasteiger partial charge in [0.2, 0.25) is 11.9 Å². The normalized spacial score (nSPS) is 18.6. The zero-order chi connectivity index (χ0) is 15.1. The predicted octanol–water partition coefficient (Wildman–Crippen LogP) is 0.545. The Morgan fingerprint density at radius 1 is 1.43 bits per heavy atom. The highest BCUT2D eigenvalue weighted by atomic mass is 16.5. The fourth-order valence-corrected chi connectivity index (χ4v) is 2.47. The van der Waals surface area contributed by atoms with Crippen LogP contribution in [0.4, 0.5) is 11.9 Å². The Balaban J connectivity index is 2.13. The number of nitrogen functional groups attached to an aromatic ring is 1. The molecule has 2 heterocycles. The van der Waals surface area contributed by atoms with Crippen LogP contribution in [0.3, 0.4) is 0 Å². The number of hydrogen-bond donors (Lipinski definition) is 3. The first-order valence-electron chi connectivity index (χ1n) is 7.48. The van der Waals surface area contributed by atoms with Gasteiger partial charge in [0.15, 0.2) is 0 Å². The van der Waals surface area contributed by atoms with Crippen molar-refractivity contribution in [3.05, 3.63) is 0 Å². The molecule has 21 heavy (non-hydrogen) atoms. The molecule has 0 radical (unpaired) electrons. The van der Waals surface area contributed by atoms with E-state index in [1.807, 2.05) is 6.92 Å². The van der Waals surface area contributed by atoms with Crippen molar-refractivity contribution < 1.29 is 9.84 Å². The van der Waals surface area contributed by atoms with Gasteiger partial charge in [0.25, 0.3) is 0 Å².